The van der Waals surface area contributed by atoms with Crippen LogP contribution in [0.3, 0.4) is 0 Å². The minimum absolute atomic E-state index is 0.237. The van der Waals surface area contributed by atoms with Gasteiger partial charge in [0.2, 0.25) is 0 Å². The summed E-state index contributed by atoms with van der Waals surface area (Å²) in [6.07, 6.45) is 5.44. The molecule has 0 saturated heterocycles. The highest BCUT2D eigenvalue weighted by Gasteiger charge is 2.33. The smallest absolute Gasteiger partial charge is 0.0221 e. The van der Waals surface area contributed by atoms with E-state index in [1.807, 2.05) is 0 Å². The summed E-state index contributed by atoms with van der Waals surface area (Å²) in [4.78, 5) is 2.78. The van der Waals surface area contributed by atoms with E-state index in [-0.39, 0.29) is 5.54 Å². The summed E-state index contributed by atoms with van der Waals surface area (Å²) < 4.78 is 0. The Morgan fingerprint density at radius 2 is 1.83 bits per heavy atom. The fraction of sp³-hybridized carbons (Fsp3) is 1.00. The molecule has 0 aromatic carbocycles. The maximum absolute atomic E-state index is 3.68. The predicted molar refractivity (Wildman–Crippen MR) is 81.0 cm³/mol. The van der Waals surface area contributed by atoms with Crippen LogP contribution < -0.4 is 5.32 Å². The fourth-order valence-electron chi connectivity index (χ4n) is 2.40. The van der Waals surface area contributed by atoms with E-state index in [0.29, 0.717) is 0 Å². The van der Waals surface area contributed by atoms with Crippen molar-refractivity contribution in [2.75, 3.05) is 13.1 Å². The van der Waals surface area contributed by atoms with E-state index in [1.54, 1.807) is 0 Å². The van der Waals surface area contributed by atoms with Crippen molar-refractivity contribution >= 4 is 0 Å². The Morgan fingerprint density at radius 3 is 2.22 bits per heavy atom. The van der Waals surface area contributed by atoms with Gasteiger partial charge in [-0.15, -0.1) is 0 Å². The zero-order valence-electron chi connectivity index (χ0n) is 13.4. The first kappa shape index (κ1) is 16.0. The van der Waals surface area contributed by atoms with Gasteiger partial charge in [-0.3, -0.25) is 4.90 Å². The largest absolute Gasteiger partial charge is 0.311 e. The Kier molecular flexibility index (Phi) is 6.13. The summed E-state index contributed by atoms with van der Waals surface area (Å²) in [5, 5.41) is 3.68. The number of rotatable bonds is 8. The van der Waals surface area contributed by atoms with Gasteiger partial charge in [-0.05, 0) is 58.9 Å². The monoisotopic (exact) mass is 254 g/mol. The van der Waals surface area contributed by atoms with Crippen LogP contribution >= 0.6 is 0 Å². The van der Waals surface area contributed by atoms with Crippen LogP contribution in [0.1, 0.15) is 67.2 Å². The zero-order chi connectivity index (χ0) is 13.8. The molecular weight excluding hydrogens is 220 g/mol. The lowest BCUT2D eigenvalue weighted by atomic mass is 10.1. The van der Waals surface area contributed by atoms with Crippen molar-refractivity contribution in [3.63, 3.8) is 0 Å². The number of hydrogen-bond acceptors (Lipinski definition) is 2. The highest BCUT2D eigenvalue weighted by molar-refractivity contribution is 4.90. The van der Waals surface area contributed by atoms with Crippen LogP contribution in [0.5, 0.6) is 0 Å². The summed E-state index contributed by atoms with van der Waals surface area (Å²) in [5.74, 6) is 0.819. The SMILES string of the molecule is CCC(CNC(C)(C)C)N(CCC(C)C)C1CC1. The third-order valence-corrected chi connectivity index (χ3v) is 3.79. The normalized spacial score (nSPS) is 18.7. The van der Waals surface area contributed by atoms with Crippen molar-refractivity contribution in [1.82, 2.24) is 10.2 Å². The molecule has 0 aromatic rings. The maximum atomic E-state index is 3.68. The Morgan fingerprint density at radius 1 is 1.22 bits per heavy atom. The molecule has 1 unspecified atom stereocenters. The van der Waals surface area contributed by atoms with Gasteiger partial charge in [-0.2, -0.15) is 0 Å². The topological polar surface area (TPSA) is 15.3 Å². The molecule has 1 rings (SSSR count). The molecule has 108 valence electrons. The molecule has 0 aromatic heterocycles. The van der Waals surface area contributed by atoms with Crippen molar-refractivity contribution in [2.24, 2.45) is 5.92 Å². The highest BCUT2D eigenvalue weighted by Crippen LogP contribution is 2.30. The van der Waals surface area contributed by atoms with Gasteiger partial charge in [0.15, 0.2) is 0 Å². The summed E-state index contributed by atoms with van der Waals surface area (Å²) >= 11 is 0. The maximum Gasteiger partial charge on any atom is 0.0221 e. The second kappa shape index (κ2) is 6.91. The average molecular weight is 254 g/mol. The van der Waals surface area contributed by atoms with Gasteiger partial charge in [0.05, 0.1) is 0 Å². The third-order valence-electron chi connectivity index (χ3n) is 3.79. The molecule has 1 atom stereocenters. The van der Waals surface area contributed by atoms with Crippen LogP contribution in [-0.4, -0.2) is 35.6 Å². The van der Waals surface area contributed by atoms with Crippen molar-refractivity contribution in [3.8, 4) is 0 Å². The molecule has 0 heterocycles. The Hall–Kier alpha value is -0.0800. The molecule has 1 aliphatic carbocycles. The lowest BCUT2D eigenvalue weighted by molar-refractivity contribution is 0.160. The van der Waals surface area contributed by atoms with E-state index in [9.17, 15) is 0 Å². The summed E-state index contributed by atoms with van der Waals surface area (Å²) in [7, 11) is 0. The molecular formula is C16H34N2. The van der Waals surface area contributed by atoms with E-state index in [4.69, 9.17) is 0 Å². The van der Waals surface area contributed by atoms with E-state index in [1.165, 1.54) is 32.2 Å². The van der Waals surface area contributed by atoms with Gasteiger partial charge in [0.1, 0.15) is 0 Å². The minimum atomic E-state index is 0.237. The van der Waals surface area contributed by atoms with Crippen molar-refractivity contribution in [2.45, 2.75) is 84.8 Å². The van der Waals surface area contributed by atoms with E-state index in [2.05, 4.69) is 51.8 Å². The number of nitrogens with one attached hydrogen (secondary N) is 1. The standard InChI is InChI=1S/C16H34N2/c1-7-14(12-17-16(4,5)6)18(15-8-9-15)11-10-13(2)3/h13-15,17H,7-12H2,1-6H3. The summed E-state index contributed by atoms with van der Waals surface area (Å²) in [6, 6.07) is 1.60. The quantitative estimate of drug-likeness (QED) is 0.711. The molecule has 0 bridgehead atoms. The van der Waals surface area contributed by atoms with E-state index in [0.717, 1.165) is 24.5 Å². The molecule has 0 radical (unpaired) electrons. The van der Waals surface area contributed by atoms with Gasteiger partial charge >= 0.3 is 0 Å². The van der Waals surface area contributed by atoms with Crippen molar-refractivity contribution < 1.29 is 0 Å². The lowest BCUT2D eigenvalue weighted by Gasteiger charge is -2.34. The van der Waals surface area contributed by atoms with E-state index >= 15 is 0 Å². The van der Waals surface area contributed by atoms with Crippen molar-refractivity contribution in [1.29, 1.82) is 0 Å². The lowest BCUT2D eigenvalue weighted by Crippen LogP contribution is -2.48. The Labute approximate surface area is 115 Å². The van der Waals surface area contributed by atoms with Gasteiger partial charge in [0, 0.05) is 24.2 Å². The average Bonchev–Trinajstić information content (AvgIpc) is 3.04. The van der Waals surface area contributed by atoms with Crippen LogP contribution in [0.15, 0.2) is 0 Å². The molecule has 2 heteroatoms. The zero-order valence-corrected chi connectivity index (χ0v) is 13.4. The van der Waals surface area contributed by atoms with Crippen molar-refractivity contribution in [3.05, 3.63) is 0 Å². The molecule has 1 aliphatic rings. The molecule has 1 fully saturated rings. The first-order valence-corrected chi connectivity index (χ1v) is 7.84. The van der Waals surface area contributed by atoms with E-state index < -0.39 is 0 Å². The predicted octanol–water partition coefficient (Wildman–Crippen LogP) is 3.66. The second-order valence-corrected chi connectivity index (χ2v) is 7.34. The third kappa shape index (κ3) is 6.19. The first-order chi connectivity index (χ1) is 8.33. The van der Waals surface area contributed by atoms with Gasteiger partial charge in [0.25, 0.3) is 0 Å². The highest BCUT2D eigenvalue weighted by atomic mass is 15.2. The number of nitrogens with zero attached hydrogens (tertiary/aromatic N) is 1. The van der Waals surface area contributed by atoms with Gasteiger partial charge < -0.3 is 5.32 Å². The Bertz CT molecular complexity index is 226. The van der Waals surface area contributed by atoms with Crippen LogP contribution in [0.25, 0.3) is 0 Å². The van der Waals surface area contributed by atoms with Crippen LogP contribution in [-0.2, 0) is 0 Å². The van der Waals surface area contributed by atoms with Crippen LogP contribution in [0.2, 0.25) is 0 Å². The second-order valence-electron chi connectivity index (χ2n) is 7.34. The summed E-state index contributed by atoms with van der Waals surface area (Å²) in [5.41, 5.74) is 0.237. The fourth-order valence-corrected chi connectivity index (χ4v) is 2.40. The molecule has 1 N–H and O–H groups in total. The van der Waals surface area contributed by atoms with Gasteiger partial charge in [-0.1, -0.05) is 20.8 Å². The molecule has 0 amide bonds. The molecule has 2 nitrogen and oxygen atoms in total. The molecule has 18 heavy (non-hydrogen) atoms. The van der Waals surface area contributed by atoms with Crippen LogP contribution in [0.4, 0.5) is 0 Å². The summed E-state index contributed by atoms with van der Waals surface area (Å²) in [6.45, 7) is 16.2. The molecule has 1 saturated carbocycles. The minimum Gasteiger partial charge on any atom is -0.311 e. The van der Waals surface area contributed by atoms with Crippen LogP contribution in [0, 0.1) is 5.92 Å². The Balaban J connectivity index is 2.46. The van der Waals surface area contributed by atoms with Gasteiger partial charge in [-0.25, -0.2) is 0 Å². The first-order valence-electron chi connectivity index (χ1n) is 7.84. The molecule has 0 spiro atoms. The molecule has 0 aliphatic heterocycles. The number of hydrogen-bond donors (Lipinski definition) is 1.